The molecule has 102 valence electrons. The molecule has 0 fully saturated rings. The molecule has 2 aromatic rings. The van der Waals surface area contributed by atoms with Crippen molar-refractivity contribution in [3.63, 3.8) is 0 Å². The minimum atomic E-state index is 0.700. The second-order valence-electron chi connectivity index (χ2n) is 4.78. The average Bonchev–Trinajstić information content (AvgIpc) is 2.70. The number of hydrogen-bond donors (Lipinski definition) is 1. The molecule has 0 aliphatic rings. The topological polar surface area (TPSA) is 37.9 Å². The minimum absolute atomic E-state index is 0.700. The number of H-pyrrole nitrogens is 1. The molecule has 0 radical (unpaired) electrons. The van der Waals surface area contributed by atoms with Crippen LogP contribution in [0.3, 0.4) is 0 Å². The summed E-state index contributed by atoms with van der Waals surface area (Å²) in [6.45, 7) is 6.76. The fraction of sp³-hybridized carbons (Fsp3) is 0.400. The van der Waals surface area contributed by atoms with Crippen molar-refractivity contribution in [1.82, 2.24) is 10.2 Å². The SMILES string of the molecule is Cc1cc(OCCCc2c(C)n[nH]c2C)ccc1Cl. The van der Waals surface area contributed by atoms with E-state index in [9.17, 15) is 0 Å². The number of hydrogen-bond acceptors (Lipinski definition) is 2. The maximum absolute atomic E-state index is 5.98. The van der Waals surface area contributed by atoms with E-state index in [1.807, 2.05) is 32.0 Å². The van der Waals surface area contributed by atoms with E-state index < -0.39 is 0 Å². The molecule has 0 atom stereocenters. The zero-order valence-corrected chi connectivity index (χ0v) is 12.3. The lowest BCUT2D eigenvalue weighted by atomic mass is 10.1. The molecule has 4 heteroatoms. The molecule has 0 aliphatic heterocycles. The summed E-state index contributed by atoms with van der Waals surface area (Å²) in [5, 5.41) is 7.97. The summed E-state index contributed by atoms with van der Waals surface area (Å²) in [6, 6.07) is 5.75. The fourth-order valence-corrected chi connectivity index (χ4v) is 2.21. The highest BCUT2D eigenvalue weighted by atomic mass is 35.5. The number of ether oxygens (including phenoxy) is 1. The molecular weight excluding hydrogens is 260 g/mol. The van der Waals surface area contributed by atoms with Crippen molar-refractivity contribution in [2.24, 2.45) is 0 Å². The molecule has 0 spiro atoms. The predicted molar refractivity (Wildman–Crippen MR) is 78.1 cm³/mol. The quantitative estimate of drug-likeness (QED) is 0.840. The van der Waals surface area contributed by atoms with Gasteiger partial charge in [-0.2, -0.15) is 5.10 Å². The normalized spacial score (nSPS) is 10.7. The number of aromatic nitrogens is 2. The lowest BCUT2D eigenvalue weighted by molar-refractivity contribution is 0.310. The fourth-order valence-electron chi connectivity index (χ4n) is 2.09. The molecule has 0 saturated carbocycles. The highest BCUT2D eigenvalue weighted by molar-refractivity contribution is 6.31. The van der Waals surface area contributed by atoms with Crippen LogP contribution in [-0.4, -0.2) is 16.8 Å². The van der Waals surface area contributed by atoms with E-state index in [1.54, 1.807) is 0 Å². The number of halogens is 1. The summed E-state index contributed by atoms with van der Waals surface area (Å²) in [5.41, 5.74) is 4.58. The number of aromatic amines is 1. The molecule has 0 bridgehead atoms. The van der Waals surface area contributed by atoms with Crippen molar-refractivity contribution in [2.75, 3.05) is 6.61 Å². The summed E-state index contributed by atoms with van der Waals surface area (Å²) in [5.74, 6) is 0.877. The summed E-state index contributed by atoms with van der Waals surface area (Å²) < 4.78 is 5.73. The molecular formula is C15H19ClN2O. The van der Waals surface area contributed by atoms with Gasteiger partial charge in [-0.05, 0) is 62.9 Å². The van der Waals surface area contributed by atoms with Crippen molar-refractivity contribution < 1.29 is 4.74 Å². The molecule has 1 N–H and O–H groups in total. The van der Waals surface area contributed by atoms with Gasteiger partial charge in [-0.15, -0.1) is 0 Å². The molecule has 19 heavy (non-hydrogen) atoms. The second-order valence-corrected chi connectivity index (χ2v) is 5.18. The summed E-state index contributed by atoms with van der Waals surface area (Å²) in [4.78, 5) is 0. The van der Waals surface area contributed by atoms with Gasteiger partial charge in [0.25, 0.3) is 0 Å². The first-order valence-electron chi connectivity index (χ1n) is 6.47. The van der Waals surface area contributed by atoms with Gasteiger partial charge >= 0.3 is 0 Å². The van der Waals surface area contributed by atoms with Gasteiger partial charge in [0.1, 0.15) is 5.75 Å². The van der Waals surface area contributed by atoms with Crippen LogP contribution in [0.25, 0.3) is 0 Å². The Labute approximate surface area is 118 Å². The highest BCUT2D eigenvalue weighted by Crippen LogP contribution is 2.21. The van der Waals surface area contributed by atoms with Gasteiger partial charge in [0.05, 0.1) is 12.3 Å². The van der Waals surface area contributed by atoms with Gasteiger partial charge in [-0.1, -0.05) is 11.6 Å². The molecule has 1 heterocycles. The standard InChI is InChI=1S/C15H19ClN2O/c1-10-9-13(6-7-15(10)16)19-8-4-5-14-11(2)17-18-12(14)3/h6-7,9H,4-5,8H2,1-3H3,(H,17,18). The molecule has 2 rings (SSSR count). The second kappa shape index (κ2) is 6.11. The largest absolute Gasteiger partial charge is 0.494 e. The lowest BCUT2D eigenvalue weighted by Gasteiger charge is -2.08. The van der Waals surface area contributed by atoms with Crippen molar-refractivity contribution in [1.29, 1.82) is 0 Å². The Kier molecular flexibility index (Phi) is 4.48. The van der Waals surface area contributed by atoms with E-state index in [-0.39, 0.29) is 0 Å². The number of nitrogens with zero attached hydrogens (tertiary/aromatic N) is 1. The number of nitrogens with one attached hydrogen (secondary N) is 1. The van der Waals surface area contributed by atoms with Gasteiger partial charge in [-0.3, -0.25) is 5.10 Å². The number of benzene rings is 1. The summed E-state index contributed by atoms with van der Waals surface area (Å²) >= 11 is 5.98. The van der Waals surface area contributed by atoms with Crippen LogP contribution in [0, 0.1) is 20.8 Å². The zero-order valence-electron chi connectivity index (χ0n) is 11.6. The van der Waals surface area contributed by atoms with Crippen molar-refractivity contribution >= 4 is 11.6 Å². The van der Waals surface area contributed by atoms with Crippen LogP contribution in [0.5, 0.6) is 5.75 Å². The van der Waals surface area contributed by atoms with E-state index in [2.05, 4.69) is 17.1 Å². The Morgan fingerprint density at radius 3 is 2.68 bits per heavy atom. The first-order chi connectivity index (χ1) is 9.08. The maximum Gasteiger partial charge on any atom is 0.119 e. The van der Waals surface area contributed by atoms with Crippen LogP contribution >= 0.6 is 11.6 Å². The molecule has 0 aliphatic carbocycles. The third-order valence-electron chi connectivity index (χ3n) is 3.25. The first kappa shape index (κ1) is 13.9. The van der Waals surface area contributed by atoms with Crippen LogP contribution in [0.4, 0.5) is 0 Å². The zero-order chi connectivity index (χ0) is 13.8. The lowest BCUT2D eigenvalue weighted by Crippen LogP contribution is -2.00. The van der Waals surface area contributed by atoms with Crippen LogP contribution < -0.4 is 4.74 Å². The Morgan fingerprint density at radius 1 is 1.26 bits per heavy atom. The van der Waals surface area contributed by atoms with Gasteiger partial charge in [0.2, 0.25) is 0 Å². The van der Waals surface area contributed by atoms with E-state index in [1.165, 1.54) is 5.56 Å². The Bertz CT molecular complexity index is 544. The Hall–Kier alpha value is -1.48. The molecule has 3 nitrogen and oxygen atoms in total. The van der Waals surface area contributed by atoms with Crippen molar-refractivity contribution in [3.05, 3.63) is 45.7 Å². The molecule has 1 aromatic heterocycles. The molecule has 1 aromatic carbocycles. The highest BCUT2D eigenvalue weighted by Gasteiger charge is 2.05. The Balaban J connectivity index is 1.82. The Morgan fingerprint density at radius 2 is 2.05 bits per heavy atom. The maximum atomic E-state index is 5.98. The average molecular weight is 279 g/mol. The van der Waals surface area contributed by atoms with Crippen LogP contribution in [0.1, 0.15) is 28.9 Å². The number of aryl methyl sites for hydroxylation is 3. The van der Waals surface area contributed by atoms with Gasteiger partial charge in [-0.25, -0.2) is 0 Å². The van der Waals surface area contributed by atoms with Crippen molar-refractivity contribution in [3.8, 4) is 5.75 Å². The first-order valence-corrected chi connectivity index (χ1v) is 6.85. The number of rotatable bonds is 5. The van der Waals surface area contributed by atoms with Gasteiger partial charge < -0.3 is 4.74 Å². The third-order valence-corrected chi connectivity index (χ3v) is 3.67. The molecule has 0 amide bonds. The predicted octanol–water partition coefficient (Wildman–Crippen LogP) is 4.00. The summed E-state index contributed by atoms with van der Waals surface area (Å²) in [7, 11) is 0. The van der Waals surface area contributed by atoms with Crippen LogP contribution in [-0.2, 0) is 6.42 Å². The van der Waals surface area contributed by atoms with Crippen LogP contribution in [0.2, 0.25) is 5.02 Å². The smallest absolute Gasteiger partial charge is 0.119 e. The summed E-state index contributed by atoms with van der Waals surface area (Å²) in [6.07, 6.45) is 1.96. The van der Waals surface area contributed by atoms with Crippen LogP contribution in [0.15, 0.2) is 18.2 Å². The minimum Gasteiger partial charge on any atom is -0.494 e. The van der Waals surface area contributed by atoms with E-state index in [0.29, 0.717) is 6.61 Å². The third kappa shape index (κ3) is 3.51. The van der Waals surface area contributed by atoms with E-state index >= 15 is 0 Å². The van der Waals surface area contributed by atoms with E-state index in [4.69, 9.17) is 16.3 Å². The van der Waals surface area contributed by atoms with Gasteiger partial charge in [0, 0.05) is 10.7 Å². The molecule has 0 unspecified atom stereocenters. The monoisotopic (exact) mass is 278 g/mol. The van der Waals surface area contributed by atoms with E-state index in [0.717, 1.165) is 40.6 Å². The van der Waals surface area contributed by atoms with Crippen molar-refractivity contribution in [2.45, 2.75) is 33.6 Å². The molecule has 0 saturated heterocycles. The van der Waals surface area contributed by atoms with Gasteiger partial charge in [0.15, 0.2) is 0 Å².